The highest BCUT2D eigenvalue weighted by molar-refractivity contribution is 7.99. The standard InChI is InChI=1S/C13H10N2S/c1-10-4-2-3-5-12(10)16-13-7-6-11(8-14)9-15-13/h2-7,9H,1H3. The summed E-state index contributed by atoms with van der Waals surface area (Å²) < 4.78 is 0. The van der Waals surface area contributed by atoms with Crippen molar-refractivity contribution in [2.75, 3.05) is 0 Å². The van der Waals surface area contributed by atoms with Gasteiger partial charge in [0, 0.05) is 11.1 Å². The first-order valence-electron chi connectivity index (χ1n) is 4.89. The molecule has 3 heteroatoms. The number of pyridine rings is 1. The van der Waals surface area contributed by atoms with E-state index in [1.807, 2.05) is 18.2 Å². The second-order valence-electron chi connectivity index (χ2n) is 3.36. The first-order chi connectivity index (χ1) is 7.79. The summed E-state index contributed by atoms with van der Waals surface area (Å²) in [5.41, 5.74) is 1.83. The van der Waals surface area contributed by atoms with Gasteiger partial charge in [0.2, 0.25) is 0 Å². The van der Waals surface area contributed by atoms with Crippen LogP contribution in [0.5, 0.6) is 0 Å². The van der Waals surface area contributed by atoms with Gasteiger partial charge in [0.25, 0.3) is 0 Å². The Labute approximate surface area is 99.0 Å². The van der Waals surface area contributed by atoms with Gasteiger partial charge in [0.1, 0.15) is 11.1 Å². The fraction of sp³-hybridized carbons (Fsp3) is 0.0769. The highest BCUT2D eigenvalue weighted by Gasteiger charge is 2.01. The van der Waals surface area contributed by atoms with Crippen LogP contribution in [-0.2, 0) is 0 Å². The molecule has 0 amide bonds. The molecule has 0 atom stereocenters. The van der Waals surface area contributed by atoms with Gasteiger partial charge in [-0.2, -0.15) is 5.26 Å². The van der Waals surface area contributed by atoms with Gasteiger partial charge < -0.3 is 0 Å². The predicted octanol–water partition coefficient (Wildman–Crippen LogP) is 3.41. The monoisotopic (exact) mass is 226 g/mol. The van der Waals surface area contributed by atoms with Crippen LogP contribution in [0, 0.1) is 18.3 Å². The molecule has 0 fully saturated rings. The van der Waals surface area contributed by atoms with Gasteiger partial charge >= 0.3 is 0 Å². The Morgan fingerprint density at radius 3 is 2.62 bits per heavy atom. The lowest BCUT2D eigenvalue weighted by Crippen LogP contribution is -1.83. The summed E-state index contributed by atoms with van der Waals surface area (Å²) in [6.07, 6.45) is 1.60. The van der Waals surface area contributed by atoms with Crippen molar-refractivity contribution in [3.63, 3.8) is 0 Å². The van der Waals surface area contributed by atoms with Crippen molar-refractivity contribution in [2.45, 2.75) is 16.8 Å². The SMILES string of the molecule is Cc1ccccc1Sc1ccc(C#N)cn1. The van der Waals surface area contributed by atoms with Crippen LogP contribution < -0.4 is 0 Å². The van der Waals surface area contributed by atoms with E-state index in [-0.39, 0.29) is 0 Å². The van der Waals surface area contributed by atoms with Crippen molar-refractivity contribution in [1.82, 2.24) is 4.98 Å². The molecule has 0 saturated carbocycles. The smallest absolute Gasteiger partial charge is 0.101 e. The van der Waals surface area contributed by atoms with Crippen molar-refractivity contribution >= 4 is 11.8 Å². The van der Waals surface area contributed by atoms with Crippen LogP contribution in [0.2, 0.25) is 0 Å². The molecular formula is C13H10N2S. The number of nitrogens with zero attached hydrogens (tertiary/aromatic N) is 2. The normalized spacial score (nSPS) is 9.75. The molecule has 0 aliphatic heterocycles. The molecule has 2 rings (SSSR count). The molecule has 1 aromatic carbocycles. The number of aryl methyl sites for hydroxylation is 1. The fourth-order valence-electron chi connectivity index (χ4n) is 1.29. The van der Waals surface area contributed by atoms with Crippen LogP contribution in [0.15, 0.2) is 52.5 Å². The van der Waals surface area contributed by atoms with Gasteiger partial charge in [0.05, 0.1) is 5.56 Å². The Kier molecular flexibility index (Phi) is 3.23. The van der Waals surface area contributed by atoms with Crippen LogP contribution in [-0.4, -0.2) is 4.98 Å². The van der Waals surface area contributed by atoms with E-state index in [0.717, 1.165) is 5.03 Å². The average molecular weight is 226 g/mol. The van der Waals surface area contributed by atoms with Crippen molar-refractivity contribution in [3.05, 3.63) is 53.7 Å². The maximum absolute atomic E-state index is 8.67. The first-order valence-corrected chi connectivity index (χ1v) is 5.71. The van der Waals surface area contributed by atoms with Gasteiger partial charge in [0.15, 0.2) is 0 Å². The lowest BCUT2D eigenvalue weighted by atomic mass is 10.2. The highest BCUT2D eigenvalue weighted by Crippen LogP contribution is 2.28. The fourth-order valence-corrected chi connectivity index (χ4v) is 2.13. The number of nitriles is 1. The summed E-state index contributed by atoms with van der Waals surface area (Å²) in [6, 6.07) is 13.9. The quantitative estimate of drug-likeness (QED) is 0.787. The molecule has 1 aromatic heterocycles. The zero-order chi connectivity index (χ0) is 11.4. The number of rotatable bonds is 2. The molecule has 0 unspecified atom stereocenters. The second-order valence-corrected chi connectivity index (χ2v) is 4.43. The van der Waals surface area contributed by atoms with Crippen LogP contribution in [0.25, 0.3) is 0 Å². The highest BCUT2D eigenvalue weighted by atomic mass is 32.2. The summed E-state index contributed by atoms with van der Waals surface area (Å²) in [5, 5.41) is 9.58. The Hall–Kier alpha value is -1.79. The number of aromatic nitrogens is 1. The number of benzene rings is 1. The Morgan fingerprint density at radius 2 is 2.00 bits per heavy atom. The Balaban J connectivity index is 2.22. The molecule has 2 aromatic rings. The summed E-state index contributed by atoms with van der Waals surface area (Å²) >= 11 is 1.61. The molecule has 2 nitrogen and oxygen atoms in total. The minimum atomic E-state index is 0.592. The van der Waals surface area contributed by atoms with Crippen LogP contribution in [0.4, 0.5) is 0 Å². The van der Waals surface area contributed by atoms with Crippen molar-refractivity contribution in [1.29, 1.82) is 5.26 Å². The summed E-state index contributed by atoms with van der Waals surface area (Å²) in [6.45, 7) is 2.08. The van der Waals surface area contributed by atoms with E-state index in [9.17, 15) is 0 Å². The Bertz CT molecular complexity index is 526. The molecule has 0 saturated heterocycles. The first kappa shape index (κ1) is 10.7. The molecule has 0 radical (unpaired) electrons. The minimum absolute atomic E-state index is 0.592. The van der Waals surface area contributed by atoms with Crippen molar-refractivity contribution < 1.29 is 0 Å². The maximum atomic E-state index is 8.67. The zero-order valence-electron chi connectivity index (χ0n) is 8.84. The Morgan fingerprint density at radius 1 is 1.19 bits per heavy atom. The largest absolute Gasteiger partial charge is 0.248 e. The molecule has 0 aliphatic carbocycles. The van der Waals surface area contributed by atoms with E-state index < -0.39 is 0 Å². The van der Waals surface area contributed by atoms with E-state index in [0.29, 0.717) is 5.56 Å². The number of hydrogen-bond acceptors (Lipinski definition) is 3. The van der Waals surface area contributed by atoms with Crippen molar-refractivity contribution in [2.24, 2.45) is 0 Å². The molecule has 16 heavy (non-hydrogen) atoms. The lowest BCUT2D eigenvalue weighted by Gasteiger charge is -2.03. The summed E-state index contributed by atoms with van der Waals surface area (Å²) in [5.74, 6) is 0. The molecular weight excluding hydrogens is 216 g/mol. The molecule has 78 valence electrons. The van der Waals surface area contributed by atoms with Crippen molar-refractivity contribution in [3.8, 4) is 6.07 Å². The third-order valence-electron chi connectivity index (χ3n) is 2.17. The molecule has 0 spiro atoms. The van der Waals surface area contributed by atoms with Gasteiger partial charge in [-0.15, -0.1) is 0 Å². The maximum Gasteiger partial charge on any atom is 0.101 e. The van der Waals surface area contributed by atoms with E-state index in [1.54, 1.807) is 24.0 Å². The third kappa shape index (κ3) is 2.41. The minimum Gasteiger partial charge on any atom is -0.248 e. The molecule has 0 N–H and O–H groups in total. The molecule has 0 bridgehead atoms. The summed E-state index contributed by atoms with van der Waals surface area (Å²) in [7, 11) is 0. The third-order valence-corrected chi connectivity index (χ3v) is 3.30. The molecule has 1 heterocycles. The van der Waals surface area contributed by atoms with E-state index in [4.69, 9.17) is 5.26 Å². The van der Waals surface area contributed by atoms with Gasteiger partial charge in [-0.1, -0.05) is 30.0 Å². The topological polar surface area (TPSA) is 36.7 Å². The second kappa shape index (κ2) is 4.82. The van der Waals surface area contributed by atoms with E-state index in [1.165, 1.54) is 10.5 Å². The van der Waals surface area contributed by atoms with Crippen LogP contribution >= 0.6 is 11.8 Å². The average Bonchev–Trinajstić information content (AvgIpc) is 2.33. The van der Waals surface area contributed by atoms with Gasteiger partial charge in [-0.05, 0) is 30.7 Å². The van der Waals surface area contributed by atoms with Crippen LogP contribution in [0.1, 0.15) is 11.1 Å². The molecule has 0 aliphatic rings. The van der Waals surface area contributed by atoms with E-state index in [2.05, 4.69) is 30.1 Å². The summed E-state index contributed by atoms with van der Waals surface area (Å²) in [4.78, 5) is 5.42. The van der Waals surface area contributed by atoms with E-state index >= 15 is 0 Å². The predicted molar refractivity (Wildman–Crippen MR) is 64.3 cm³/mol. The lowest BCUT2D eigenvalue weighted by molar-refractivity contribution is 1.12. The van der Waals surface area contributed by atoms with Crippen LogP contribution in [0.3, 0.4) is 0 Å². The number of hydrogen-bond donors (Lipinski definition) is 0. The van der Waals surface area contributed by atoms with Gasteiger partial charge in [-0.25, -0.2) is 4.98 Å². The van der Waals surface area contributed by atoms with Gasteiger partial charge in [-0.3, -0.25) is 0 Å². The zero-order valence-corrected chi connectivity index (χ0v) is 9.66.